The zero-order valence-corrected chi connectivity index (χ0v) is 9.77. The first-order valence-electron chi connectivity index (χ1n) is 5.47. The second-order valence-electron chi connectivity index (χ2n) is 4.00. The van der Waals surface area contributed by atoms with E-state index in [-0.39, 0.29) is 5.75 Å². The molecule has 88 valence electrons. The summed E-state index contributed by atoms with van der Waals surface area (Å²) >= 11 is 1.20. The van der Waals surface area contributed by atoms with Crippen molar-refractivity contribution in [2.75, 3.05) is 5.75 Å². The number of hydrogen-bond acceptors (Lipinski definition) is 2. The lowest BCUT2D eigenvalue weighted by molar-refractivity contribution is 0.177. The summed E-state index contributed by atoms with van der Waals surface area (Å²) in [6.07, 6.45) is 0.325. The second-order valence-corrected chi connectivity index (χ2v) is 5.09. The molecule has 2 rings (SSSR count). The first-order chi connectivity index (χ1) is 7.74. The molecule has 0 aliphatic heterocycles. The van der Waals surface area contributed by atoms with Gasteiger partial charge in [0, 0.05) is 17.5 Å². The average molecular weight is 243 g/mol. The highest BCUT2D eigenvalue weighted by Crippen LogP contribution is 2.22. The Morgan fingerprint density at radius 2 is 1.94 bits per heavy atom. The van der Waals surface area contributed by atoms with E-state index in [1.165, 1.54) is 30.2 Å². The molecule has 0 radical (unpaired) electrons. The predicted molar refractivity (Wildman–Crippen MR) is 63.0 cm³/mol. The lowest BCUT2D eigenvalue weighted by Gasteiger charge is -2.05. The van der Waals surface area contributed by atoms with Gasteiger partial charge in [0.1, 0.15) is 0 Å². The van der Waals surface area contributed by atoms with Gasteiger partial charge < -0.3 is 5.32 Å². The van der Waals surface area contributed by atoms with E-state index in [1.807, 2.05) is 24.3 Å². The van der Waals surface area contributed by atoms with Crippen molar-refractivity contribution in [3.05, 3.63) is 29.8 Å². The zero-order valence-electron chi connectivity index (χ0n) is 8.96. The molecule has 1 aromatic carbocycles. The van der Waals surface area contributed by atoms with Gasteiger partial charge in [-0.1, -0.05) is 12.1 Å². The van der Waals surface area contributed by atoms with Crippen molar-refractivity contribution in [3.63, 3.8) is 0 Å². The van der Waals surface area contributed by atoms with Crippen LogP contribution in [-0.2, 0) is 6.54 Å². The van der Waals surface area contributed by atoms with Crippen LogP contribution >= 0.6 is 11.8 Å². The summed E-state index contributed by atoms with van der Waals surface area (Å²) in [5, 5.41) is 3.42. The smallest absolute Gasteiger partial charge is 0.247 e. The Labute approximate surface area is 98.6 Å². The summed E-state index contributed by atoms with van der Waals surface area (Å²) in [5.74, 6) is -0.125. The largest absolute Gasteiger partial charge is 0.310 e. The van der Waals surface area contributed by atoms with E-state index < -0.39 is 6.43 Å². The molecule has 0 saturated heterocycles. The minimum absolute atomic E-state index is 0.125. The molecule has 4 heteroatoms. The highest BCUT2D eigenvalue weighted by molar-refractivity contribution is 7.99. The summed E-state index contributed by atoms with van der Waals surface area (Å²) in [4.78, 5) is 0.912. The van der Waals surface area contributed by atoms with Gasteiger partial charge in [-0.05, 0) is 30.5 Å². The quantitative estimate of drug-likeness (QED) is 0.769. The normalized spacial score (nSPS) is 15.7. The van der Waals surface area contributed by atoms with Crippen LogP contribution in [0, 0.1) is 0 Å². The number of nitrogens with one attached hydrogen (secondary N) is 1. The van der Waals surface area contributed by atoms with Crippen LogP contribution in [0.1, 0.15) is 18.4 Å². The molecule has 1 aromatic rings. The number of thioether (sulfide) groups is 1. The minimum atomic E-state index is -2.23. The van der Waals surface area contributed by atoms with Crippen LogP contribution in [-0.4, -0.2) is 18.2 Å². The van der Waals surface area contributed by atoms with Crippen molar-refractivity contribution in [1.29, 1.82) is 0 Å². The number of benzene rings is 1. The van der Waals surface area contributed by atoms with Gasteiger partial charge in [0.05, 0.1) is 5.75 Å². The molecule has 0 heterocycles. The Morgan fingerprint density at radius 3 is 2.50 bits per heavy atom. The van der Waals surface area contributed by atoms with Gasteiger partial charge in [-0.25, -0.2) is 8.78 Å². The molecule has 16 heavy (non-hydrogen) atoms. The summed E-state index contributed by atoms with van der Waals surface area (Å²) in [5.41, 5.74) is 1.22. The Hall–Kier alpha value is -0.610. The standard InChI is InChI=1S/C12H15F2NS/c13-12(14)8-16-11-5-1-9(2-6-11)7-15-10-3-4-10/h1-2,5-6,10,12,15H,3-4,7-8H2. The maximum atomic E-state index is 12.0. The van der Waals surface area contributed by atoms with Gasteiger partial charge in [-0.2, -0.15) is 0 Å². The van der Waals surface area contributed by atoms with Crippen molar-refractivity contribution in [2.45, 2.75) is 36.7 Å². The van der Waals surface area contributed by atoms with Gasteiger partial charge in [0.15, 0.2) is 0 Å². The topological polar surface area (TPSA) is 12.0 Å². The van der Waals surface area contributed by atoms with Crippen LogP contribution in [0.4, 0.5) is 8.78 Å². The third-order valence-corrected chi connectivity index (χ3v) is 3.50. The van der Waals surface area contributed by atoms with E-state index in [2.05, 4.69) is 5.32 Å². The van der Waals surface area contributed by atoms with Gasteiger partial charge in [0.25, 0.3) is 0 Å². The Balaban J connectivity index is 1.78. The fraction of sp³-hybridized carbons (Fsp3) is 0.500. The van der Waals surface area contributed by atoms with E-state index in [1.54, 1.807) is 0 Å². The highest BCUT2D eigenvalue weighted by atomic mass is 32.2. The molecule has 1 N–H and O–H groups in total. The van der Waals surface area contributed by atoms with Gasteiger partial charge in [0.2, 0.25) is 6.43 Å². The van der Waals surface area contributed by atoms with Crippen molar-refractivity contribution in [2.24, 2.45) is 0 Å². The Morgan fingerprint density at radius 1 is 1.25 bits per heavy atom. The van der Waals surface area contributed by atoms with Gasteiger partial charge in [-0.3, -0.25) is 0 Å². The highest BCUT2D eigenvalue weighted by Gasteiger charge is 2.19. The van der Waals surface area contributed by atoms with Crippen molar-refractivity contribution in [3.8, 4) is 0 Å². The fourth-order valence-electron chi connectivity index (χ4n) is 1.41. The molecular formula is C12H15F2NS. The Bertz CT molecular complexity index is 297. The summed E-state index contributed by atoms with van der Waals surface area (Å²) in [7, 11) is 0. The van der Waals surface area contributed by atoms with Crippen molar-refractivity contribution < 1.29 is 8.78 Å². The average Bonchev–Trinajstić information content (AvgIpc) is 3.09. The van der Waals surface area contributed by atoms with Crippen LogP contribution in [0.15, 0.2) is 29.2 Å². The van der Waals surface area contributed by atoms with E-state index in [9.17, 15) is 8.78 Å². The van der Waals surface area contributed by atoms with Crippen LogP contribution < -0.4 is 5.32 Å². The maximum Gasteiger partial charge on any atom is 0.247 e. The van der Waals surface area contributed by atoms with E-state index in [4.69, 9.17) is 0 Å². The summed E-state index contributed by atoms with van der Waals surface area (Å²) in [6.45, 7) is 0.879. The second kappa shape index (κ2) is 5.64. The molecule has 1 fully saturated rings. The monoisotopic (exact) mass is 243 g/mol. The molecule has 0 bridgehead atoms. The molecule has 1 aliphatic rings. The molecule has 1 nitrogen and oxygen atoms in total. The van der Waals surface area contributed by atoms with Crippen LogP contribution in [0.3, 0.4) is 0 Å². The molecule has 0 atom stereocenters. The van der Waals surface area contributed by atoms with E-state index >= 15 is 0 Å². The van der Waals surface area contributed by atoms with E-state index in [0.717, 1.165) is 11.4 Å². The van der Waals surface area contributed by atoms with Crippen molar-refractivity contribution in [1.82, 2.24) is 5.32 Å². The summed E-state index contributed by atoms with van der Waals surface area (Å²) < 4.78 is 24.0. The first kappa shape index (κ1) is 11.9. The molecule has 0 spiro atoms. The fourth-order valence-corrected chi connectivity index (χ4v) is 2.06. The number of rotatable bonds is 6. The first-order valence-corrected chi connectivity index (χ1v) is 6.46. The number of halogens is 2. The van der Waals surface area contributed by atoms with Gasteiger partial charge >= 0.3 is 0 Å². The lowest BCUT2D eigenvalue weighted by Crippen LogP contribution is -2.14. The van der Waals surface area contributed by atoms with E-state index in [0.29, 0.717) is 6.04 Å². The molecule has 1 saturated carbocycles. The zero-order chi connectivity index (χ0) is 11.4. The SMILES string of the molecule is FC(F)CSc1ccc(CNC2CC2)cc1. The number of hydrogen-bond donors (Lipinski definition) is 1. The maximum absolute atomic E-state index is 12.0. The molecule has 1 aliphatic carbocycles. The summed E-state index contributed by atoms with van der Waals surface area (Å²) in [6, 6.07) is 8.54. The third kappa shape index (κ3) is 4.10. The van der Waals surface area contributed by atoms with Crippen LogP contribution in [0.5, 0.6) is 0 Å². The molecule has 0 aromatic heterocycles. The van der Waals surface area contributed by atoms with Crippen LogP contribution in [0.25, 0.3) is 0 Å². The lowest BCUT2D eigenvalue weighted by atomic mass is 10.2. The molecular weight excluding hydrogens is 228 g/mol. The predicted octanol–water partition coefficient (Wildman–Crippen LogP) is 3.30. The molecule has 0 amide bonds. The minimum Gasteiger partial charge on any atom is -0.310 e. The Kier molecular flexibility index (Phi) is 4.18. The van der Waals surface area contributed by atoms with Gasteiger partial charge in [-0.15, -0.1) is 11.8 Å². The molecule has 0 unspecified atom stereocenters. The number of alkyl halides is 2. The van der Waals surface area contributed by atoms with Crippen molar-refractivity contribution >= 4 is 11.8 Å². The van der Waals surface area contributed by atoms with Crippen LogP contribution in [0.2, 0.25) is 0 Å². The third-order valence-electron chi connectivity index (χ3n) is 2.47.